The molecule has 4 atom stereocenters. The topological polar surface area (TPSA) is 40.5 Å². The lowest BCUT2D eigenvalue weighted by atomic mass is 9.78. The monoisotopic (exact) mass is 209 g/mol. The number of fused-ring (bicyclic) bond motifs is 3. The Balaban J connectivity index is 1.71. The van der Waals surface area contributed by atoms with E-state index in [0.29, 0.717) is 5.92 Å². The third kappa shape index (κ3) is 1.48. The van der Waals surface area contributed by atoms with E-state index in [4.69, 9.17) is 5.11 Å². The molecule has 84 valence electrons. The van der Waals surface area contributed by atoms with Crippen molar-refractivity contribution in [2.24, 2.45) is 11.8 Å². The van der Waals surface area contributed by atoms with Gasteiger partial charge >= 0.3 is 5.97 Å². The average Bonchev–Trinajstić information content (AvgIpc) is 2.75. The van der Waals surface area contributed by atoms with Crippen molar-refractivity contribution in [2.75, 3.05) is 6.54 Å². The van der Waals surface area contributed by atoms with Gasteiger partial charge in [0.15, 0.2) is 0 Å². The smallest absolute Gasteiger partial charge is 0.306 e. The first-order valence-electron chi connectivity index (χ1n) is 6.24. The van der Waals surface area contributed by atoms with Gasteiger partial charge in [-0.25, -0.2) is 0 Å². The van der Waals surface area contributed by atoms with E-state index < -0.39 is 5.97 Å². The standard InChI is InChI=1S/C12H19NO2/c14-12(15)8-3-4-11-9(6-8)7-10-2-1-5-13(10)11/h8-11H,1-7H2,(H,14,15)/t8-,9-,10+,11-/m1/s1. The summed E-state index contributed by atoms with van der Waals surface area (Å²) in [5, 5.41) is 9.05. The van der Waals surface area contributed by atoms with Gasteiger partial charge in [-0.2, -0.15) is 0 Å². The molecular formula is C12H19NO2. The Hall–Kier alpha value is -0.570. The second-order valence-electron chi connectivity index (χ2n) is 5.45. The highest BCUT2D eigenvalue weighted by molar-refractivity contribution is 5.70. The zero-order valence-corrected chi connectivity index (χ0v) is 9.06. The minimum atomic E-state index is -0.569. The molecule has 2 heterocycles. The molecule has 3 aliphatic rings. The molecular weight excluding hydrogens is 190 g/mol. The van der Waals surface area contributed by atoms with Gasteiger partial charge in [-0.15, -0.1) is 0 Å². The lowest BCUT2D eigenvalue weighted by molar-refractivity contribution is -0.143. The molecule has 0 radical (unpaired) electrons. The Morgan fingerprint density at radius 3 is 2.87 bits per heavy atom. The van der Waals surface area contributed by atoms with E-state index in [-0.39, 0.29) is 5.92 Å². The zero-order chi connectivity index (χ0) is 10.4. The van der Waals surface area contributed by atoms with Gasteiger partial charge in [0.1, 0.15) is 0 Å². The van der Waals surface area contributed by atoms with Crippen LogP contribution in [0.3, 0.4) is 0 Å². The van der Waals surface area contributed by atoms with Crippen molar-refractivity contribution in [2.45, 2.75) is 50.6 Å². The molecule has 15 heavy (non-hydrogen) atoms. The molecule has 2 aliphatic heterocycles. The Kier molecular flexibility index (Phi) is 2.23. The molecule has 3 nitrogen and oxygen atoms in total. The second kappa shape index (κ2) is 3.48. The van der Waals surface area contributed by atoms with E-state index in [1.54, 1.807) is 0 Å². The van der Waals surface area contributed by atoms with E-state index in [0.717, 1.165) is 31.3 Å². The molecule has 1 saturated carbocycles. The lowest BCUT2D eigenvalue weighted by Gasteiger charge is -2.33. The van der Waals surface area contributed by atoms with E-state index in [1.807, 2.05) is 0 Å². The summed E-state index contributed by atoms with van der Waals surface area (Å²) in [7, 11) is 0. The molecule has 0 aromatic carbocycles. The van der Waals surface area contributed by atoms with E-state index >= 15 is 0 Å². The van der Waals surface area contributed by atoms with Crippen molar-refractivity contribution in [3.05, 3.63) is 0 Å². The maximum Gasteiger partial charge on any atom is 0.306 e. The van der Waals surface area contributed by atoms with Gasteiger partial charge in [-0.1, -0.05) is 0 Å². The Bertz CT molecular complexity index is 279. The Morgan fingerprint density at radius 2 is 2.07 bits per heavy atom. The van der Waals surface area contributed by atoms with Crippen LogP contribution in [0, 0.1) is 11.8 Å². The van der Waals surface area contributed by atoms with Crippen LogP contribution in [0.4, 0.5) is 0 Å². The summed E-state index contributed by atoms with van der Waals surface area (Å²) in [5.74, 6) is 0.0666. The fourth-order valence-corrected chi connectivity index (χ4v) is 4.06. The molecule has 1 aliphatic carbocycles. The van der Waals surface area contributed by atoms with Crippen LogP contribution in [-0.4, -0.2) is 34.6 Å². The highest BCUT2D eigenvalue weighted by atomic mass is 16.4. The zero-order valence-electron chi connectivity index (χ0n) is 9.06. The molecule has 3 fully saturated rings. The van der Waals surface area contributed by atoms with Crippen LogP contribution in [0.25, 0.3) is 0 Å². The van der Waals surface area contributed by atoms with Crippen molar-refractivity contribution in [3.8, 4) is 0 Å². The van der Waals surface area contributed by atoms with E-state index in [9.17, 15) is 4.79 Å². The summed E-state index contributed by atoms with van der Waals surface area (Å²) in [6.07, 6.45) is 6.94. The lowest BCUT2D eigenvalue weighted by Crippen LogP contribution is -2.38. The van der Waals surface area contributed by atoms with Gasteiger partial charge in [0.05, 0.1) is 5.92 Å². The van der Waals surface area contributed by atoms with Crippen LogP contribution < -0.4 is 0 Å². The minimum Gasteiger partial charge on any atom is -0.481 e. The van der Waals surface area contributed by atoms with Crippen LogP contribution in [0.1, 0.15) is 38.5 Å². The molecule has 1 N–H and O–H groups in total. The molecule has 0 unspecified atom stereocenters. The first-order chi connectivity index (χ1) is 7.25. The molecule has 0 spiro atoms. The predicted molar refractivity (Wildman–Crippen MR) is 56.6 cm³/mol. The number of rotatable bonds is 1. The molecule has 2 saturated heterocycles. The summed E-state index contributed by atoms with van der Waals surface area (Å²) < 4.78 is 0. The van der Waals surface area contributed by atoms with Gasteiger partial charge < -0.3 is 5.11 Å². The third-order valence-electron chi connectivity index (χ3n) is 4.72. The van der Waals surface area contributed by atoms with E-state index in [2.05, 4.69) is 4.90 Å². The van der Waals surface area contributed by atoms with Crippen LogP contribution in [0.5, 0.6) is 0 Å². The van der Waals surface area contributed by atoms with Gasteiger partial charge in [0.25, 0.3) is 0 Å². The summed E-state index contributed by atoms with van der Waals surface area (Å²) in [6, 6.07) is 1.53. The maximum absolute atomic E-state index is 11.0. The highest BCUT2D eigenvalue weighted by Crippen LogP contribution is 2.45. The molecule has 0 aromatic rings. The number of aliphatic carboxylic acids is 1. The quantitative estimate of drug-likeness (QED) is 0.715. The Labute approximate surface area is 90.5 Å². The van der Waals surface area contributed by atoms with Gasteiger partial charge in [-0.3, -0.25) is 9.69 Å². The number of carbonyl (C=O) groups is 1. The van der Waals surface area contributed by atoms with Crippen LogP contribution in [0.2, 0.25) is 0 Å². The van der Waals surface area contributed by atoms with Crippen molar-refractivity contribution in [1.82, 2.24) is 4.90 Å². The number of hydrogen-bond donors (Lipinski definition) is 1. The molecule has 0 aromatic heterocycles. The number of carboxylic acids is 1. The summed E-state index contributed by atoms with van der Waals surface area (Å²) in [5.41, 5.74) is 0. The van der Waals surface area contributed by atoms with Crippen molar-refractivity contribution in [1.29, 1.82) is 0 Å². The third-order valence-corrected chi connectivity index (χ3v) is 4.72. The largest absolute Gasteiger partial charge is 0.481 e. The normalized spacial score (nSPS) is 45.1. The first-order valence-corrected chi connectivity index (χ1v) is 6.24. The molecule has 0 bridgehead atoms. The second-order valence-corrected chi connectivity index (χ2v) is 5.45. The SMILES string of the molecule is O=C(O)[C@@H]1CC[C@@H]2[C@H](C1)C[C@@H]1CCCN12. The summed E-state index contributed by atoms with van der Waals surface area (Å²) >= 11 is 0. The number of carboxylic acid groups (broad SMARTS) is 1. The van der Waals surface area contributed by atoms with E-state index in [1.165, 1.54) is 25.8 Å². The van der Waals surface area contributed by atoms with Crippen molar-refractivity contribution >= 4 is 5.97 Å². The highest BCUT2D eigenvalue weighted by Gasteiger charge is 2.46. The van der Waals surface area contributed by atoms with Crippen molar-refractivity contribution < 1.29 is 9.90 Å². The maximum atomic E-state index is 11.0. The van der Waals surface area contributed by atoms with Gasteiger partial charge in [-0.05, 0) is 51.0 Å². The van der Waals surface area contributed by atoms with Crippen LogP contribution in [0.15, 0.2) is 0 Å². The fraction of sp³-hybridized carbons (Fsp3) is 0.917. The number of hydrogen-bond acceptors (Lipinski definition) is 2. The molecule has 3 rings (SSSR count). The van der Waals surface area contributed by atoms with Gasteiger partial charge in [0.2, 0.25) is 0 Å². The van der Waals surface area contributed by atoms with Crippen LogP contribution >= 0.6 is 0 Å². The molecule has 0 amide bonds. The van der Waals surface area contributed by atoms with Crippen molar-refractivity contribution in [3.63, 3.8) is 0 Å². The Morgan fingerprint density at radius 1 is 1.20 bits per heavy atom. The number of nitrogens with zero attached hydrogens (tertiary/aromatic N) is 1. The summed E-state index contributed by atoms with van der Waals surface area (Å²) in [4.78, 5) is 13.6. The average molecular weight is 209 g/mol. The summed E-state index contributed by atoms with van der Waals surface area (Å²) in [6.45, 7) is 1.27. The fourth-order valence-electron chi connectivity index (χ4n) is 4.06. The minimum absolute atomic E-state index is 0.0497. The predicted octanol–water partition coefficient (Wildman–Crippen LogP) is 1.72. The van der Waals surface area contributed by atoms with Gasteiger partial charge in [0, 0.05) is 12.1 Å². The first kappa shape index (κ1) is 9.64. The van der Waals surface area contributed by atoms with Crippen LogP contribution in [-0.2, 0) is 4.79 Å². The molecule has 3 heteroatoms.